The molecule has 0 unspecified atom stereocenters. The minimum absolute atomic E-state index is 0.0913. The maximum Gasteiger partial charge on any atom is 0.222 e. The molecule has 2 aromatic heterocycles. The number of hydrogen-bond donors (Lipinski definition) is 3. The van der Waals surface area contributed by atoms with Crippen molar-refractivity contribution in [2.24, 2.45) is 5.92 Å². The SMILES string of the molecule is CNC(=O)[C@H]1CC[C@H](Nc2cc(-c3cccc(NCc4cccc(F)c4)n3)c(Cl)cn2)CC1. The fourth-order valence-corrected chi connectivity index (χ4v) is 4.35. The molecule has 3 N–H and O–H groups in total. The zero-order chi connectivity index (χ0) is 23.2. The van der Waals surface area contributed by atoms with E-state index in [9.17, 15) is 9.18 Å². The van der Waals surface area contributed by atoms with E-state index in [2.05, 4.69) is 25.9 Å². The number of halogens is 2. The van der Waals surface area contributed by atoms with Gasteiger partial charge < -0.3 is 16.0 Å². The van der Waals surface area contributed by atoms with Crippen molar-refractivity contribution in [3.63, 3.8) is 0 Å². The van der Waals surface area contributed by atoms with Crippen molar-refractivity contribution in [3.8, 4) is 11.3 Å². The molecule has 0 radical (unpaired) electrons. The monoisotopic (exact) mass is 467 g/mol. The van der Waals surface area contributed by atoms with Crippen LogP contribution in [0.2, 0.25) is 5.02 Å². The standard InChI is InChI=1S/C25H27ClFN5O/c1-28-25(33)17-8-10-19(11-9-17)31-24-13-20(21(26)15-30-24)22-6-3-7-23(32-22)29-14-16-4-2-5-18(27)12-16/h2-7,12-13,15,17,19H,8-11,14H2,1H3,(H,28,33)(H,29,32)(H,30,31)/t17-,19-. The smallest absolute Gasteiger partial charge is 0.222 e. The lowest BCUT2D eigenvalue weighted by molar-refractivity contribution is -0.125. The molecule has 1 fully saturated rings. The predicted molar refractivity (Wildman–Crippen MR) is 130 cm³/mol. The number of pyridine rings is 2. The van der Waals surface area contributed by atoms with Gasteiger partial charge in [-0.3, -0.25) is 4.79 Å². The van der Waals surface area contributed by atoms with Crippen LogP contribution in [0.3, 0.4) is 0 Å². The first kappa shape index (κ1) is 23.0. The Kier molecular flexibility index (Phi) is 7.40. The first-order valence-electron chi connectivity index (χ1n) is 11.1. The maximum absolute atomic E-state index is 13.4. The van der Waals surface area contributed by atoms with E-state index in [0.29, 0.717) is 17.4 Å². The van der Waals surface area contributed by atoms with Gasteiger partial charge in [-0.2, -0.15) is 0 Å². The van der Waals surface area contributed by atoms with E-state index < -0.39 is 0 Å². The van der Waals surface area contributed by atoms with Crippen LogP contribution in [0, 0.1) is 11.7 Å². The molecule has 4 rings (SSSR count). The summed E-state index contributed by atoms with van der Waals surface area (Å²) in [7, 11) is 1.69. The van der Waals surface area contributed by atoms with Crippen LogP contribution in [0.1, 0.15) is 31.2 Å². The first-order valence-corrected chi connectivity index (χ1v) is 11.5. The van der Waals surface area contributed by atoms with E-state index in [-0.39, 0.29) is 23.7 Å². The lowest BCUT2D eigenvalue weighted by atomic mass is 9.85. The Labute approximate surface area is 198 Å². The number of hydrogen-bond acceptors (Lipinski definition) is 5. The third-order valence-corrected chi connectivity index (χ3v) is 6.24. The Morgan fingerprint density at radius 1 is 1.09 bits per heavy atom. The van der Waals surface area contributed by atoms with Crippen LogP contribution in [0.4, 0.5) is 16.0 Å². The van der Waals surface area contributed by atoms with E-state index >= 15 is 0 Å². The third kappa shape index (κ3) is 5.99. The maximum atomic E-state index is 13.4. The number of nitrogens with one attached hydrogen (secondary N) is 3. The highest BCUT2D eigenvalue weighted by atomic mass is 35.5. The molecular weight excluding hydrogens is 441 g/mol. The average molecular weight is 468 g/mol. The molecule has 0 atom stereocenters. The molecular formula is C25H27ClFN5O. The summed E-state index contributed by atoms with van der Waals surface area (Å²) in [4.78, 5) is 21.0. The van der Waals surface area contributed by atoms with Gasteiger partial charge in [-0.25, -0.2) is 14.4 Å². The average Bonchev–Trinajstić information content (AvgIpc) is 2.84. The number of amides is 1. The largest absolute Gasteiger partial charge is 0.367 e. The Morgan fingerprint density at radius 3 is 2.64 bits per heavy atom. The van der Waals surface area contributed by atoms with E-state index in [0.717, 1.165) is 48.3 Å². The van der Waals surface area contributed by atoms with Crippen LogP contribution in [0.15, 0.2) is 54.7 Å². The van der Waals surface area contributed by atoms with Crippen molar-refractivity contribution in [3.05, 3.63) is 71.1 Å². The highest BCUT2D eigenvalue weighted by Crippen LogP contribution is 2.31. The van der Waals surface area contributed by atoms with Crippen molar-refractivity contribution in [1.82, 2.24) is 15.3 Å². The fraction of sp³-hybridized carbons (Fsp3) is 0.320. The second kappa shape index (κ2) is 10.6. The van der Waals surface area contributed by atoms with Crippen LogP contribution < -0.4 is 16.0 Å². The van der Waals surface area contributed by atoms with Crippen molar-refractivity contribution in [1.29, 1.82) is 0 Å². The number of aromatic nitrogens is 2. The van der Waals surface area contributed by atoms with Gasteiger partial charge in [0.05, 0.1) is 10.7 Å². The van der Waals surface area contributed by atoms with Gasteiger partial charge in [-0.1, -0.05) is 29.8 Å². The first-order chi connectivity index (χ1) is 16.0. The normalized spacial score (nSPS) is 17.9. The van der Waals surface area contributed by atoms with Crippen LogP contribution in [0.5, 0.6) is 0 Å². The zero-order valence-electron chi connectivity index (χ0n) is 18.4. The van der Waals surface area contributed by atoms with Gasteiger partial charge in [-0.15, -0.1) is 0 Å². The fourth-order valence-electron chi connectivity index (χ4n) is 4.15. The van der Waals surface area contributed by atoms with Gasteiger partial charge in [0.2, 0.25) is 5.91 Å². The summed E-state index contributed by atoms with van der Waals surface area (Å²) in [6.07, 6.45) is 5.17. The molecule has 6 nitrogen and oxygen atoms in total. The zero-order valence-corrected chi connectivity index (χ0v) is 19.2. The highest BCUT2D eigenvalue weighted by molar-refractivity contribution is 6.33. The number of carbonyl (C=O) groups excluding carboxylic acids is 1. The number of nitrogens with zero attached hydrogens (tertiary/aromatic N) is 2. The summed E-state index contributed by atoms with van der Waals surface area (Å²) in [5, 5.41) is 9.97. The molecule has 3 aromatic rings. The summed E-state index contributed by atoms with van der Waals surface area (Å²) >= 11 is 6.45. The summed E-state index contributed by atoms with van der Waals surface area (Å²) < 4.78 is 13.4. The van der Waals surface area contributed by atoms with E-state index in [1.807, 2.05) is 30.3 Å². The van der Waals surface area contributed by atoms with Gasteiger partial charge in [0.25, 0.3) is 0 Å². The summed E-state index contributed by atoms with van der Waals surface area (Å²) in [5.41, 5.74) is 2.34. The number of rotatable bonds is 7. The van der Waals surface area contributed by atoms with E-state index in [4.69, 9.17) is 11.6 Å². The molecule has 1 aromatic carbocycles. The lowest BCUT2D eigenvalue weighted by Crippen LogP contribution is -2.34. The molecule has 0 spiro atoms. The second-order valence-corrected chi connectivity index (χ2v) is 8.66. The summed E-state index contributed by atoms with van der Waals surface area (Å²) in [6, 6.07) is 14.3. The quantitative estimate of drug-likeness (QED) is 0.441. The van der Waals surface area contributed by atoms with Crippen molar-refractivity contribution < 1.29 is 9.18 Å². The Morgan fingerprint density at radius 2 is 1.88 bits per heavy atom. The molecule has 2 heterocycles. The van der Waals surface area contributed by atoms with E-state index in [1.54, 1.807) is 19.3 Å². The number of anilines is 2. The Bertz CT molecular complexity index is 1120. The van der Waals surface area contributed by atoms with Gasteiger partial charge in [0, 0.05) is 37.3 Å². The van der Waals surface area contributed by atoms with Crippen molar-refractivity contribution in [2.75, 3.05) is 17.7 Å². The summed E-state index contributed by atoms with van der Waals surface area (Å²) in [6.45, 7) is 0.462. The molecule has 0 aliphatic heterocycles. The topological polar surface area (TPSA) is 78.9 Å². The minimum atomic E-state index is -0.262. The Hall–Kier alpha value is -3.19. The minimum Gasteiger partial charge on any atom is -0.367 e. The van der Waals surface area contributed by atoms with Crippen LogP contribution in [0.25, 0.3) is 11.3 Å². The number of benzene rings is 1. The Balaban J connectivity index is 1.43. The predicted octanol–water partition coefficient (Wildman–Crippen LogP) is 5.26. The van der Waals surface area contributed by atoms with Gasteiger partial charge in [-0.05, 0) is 61.6 Å². The van der Waals surface area contributed by atoms with Crippen LogP contribution in [-0.4, -0.2) is 29.0 Å². The third-order valence-electron chi connectivity index (χ3n) is 5.94. The molecule has 1 aliphatic rings. The molecule has 0 bridgehead atoms. The summed E-state index contributed by atoms with van der Waals surface area (Å²) in [5.74, 6) is 1.36. The molecule has 0 saturated heterocycles. The van der Waals surface area contributed by atoms with Crippen molar-refractivity contribution in [2.45, 2.75) is 38.3 Å². The molecule has 1 saturated carbocycles. The van der Waals surface area contributed by atoms with E-state index in [1.165, 1.54) is 12.1 Å². The van der Waals surface area contributed by atoms with Gasteiger partial charge in [0.15, 0.2) is 0 Å². The van der Waals surface area contributed by atoms with Crippen LogP contribution in [-0.2, 0) is 11.3 Å². The number of carbonyl (C=O) groups is 1. The highest BCUT2D eigenvalue weighted by Gasteiger charge is 2.25. The van der Waals surface area contributed by atoms with Gasteiger partial charge in [0.1, 0.15) is 17.5 Å². The molecule has 1 amide bonds. The molecule has 33 heavy (non-hydrogen) atoms. The lowest BCUT2D eigenvalue weighted by Gasteiger charge is -2.28. The molecule has 1 aliphatic carbocycles. The molecule has 172 valence electrons. The van der Waals surface area contributed by atoms with Crippen LogP contribution >= 0.6 is 11.6 Å². The second-order valence-electron chi connectivity index (χ2n) is 8.25. The molecule has 8 heteroatoms. The van der Waals surface area contributed by atoms with Crippen molar-refractivity contribution >= 4 is 29.1 Å². The van der Waals surface area contributed by atoms with Gasteiger partial charge >= 0.3 is 0 Å².